The molecule has 1 fully saturated rings. The SMILES string of the molecule is O=C(Cn1cnc2ccsc2c1=O)N[C@H](c1ccccn1)C1CC(O)C1. The van der Waals surface area contributed by atoms with E-state index in [9.17, 15) is 14.7 Å². The van der Waals surface area contributed by atoms with Gasteiger partial charge in [-0.1, -0.05) is 6.07 Å². The third-order valence-corrected chi connectivity index (χ3v) is 5.59. The van der Waals surface area contributed by atoms with Crippen molar-refractivity contribution in [1.29, 1.82) is 0 Å². The quantitative estimate of drug-likeness (QED) is 0.709. The number of carbonyl (C=O) groups is 1. The number of aliphatic hydroxyl groups excluding tert-OH is 1. The first-order chi connectivity index (χ1) is 12.6. The van der Waals surface area contributed by atoms with E-state index in [2.05, 4.69) is 15.3 Å². The van der Waals surface area contributed by atoms with Crippen LogP contribution in [0, 0.1) is 5.92 Å². The maximum absolute atomic E-state index is 12.6. The number of nitrogens with one attached hydrogen (secondary N) is 1. The molecule has 0 aromatic carbocycles. The van der Waals surface area contributed by atoms with Gasteiger partial charge in [0.1, 0.15) is 11.2 Å². The highest BCUT2D eigenvalue weighted by molar-refractivity contribution is 7.17. The first-order valence-corrected chi connectivity index (χ1v) is 9.31. The predicted molar refractivity (Wildman–Crippen MR) is 97.7 cm³/mol. The third kappa shape index (κ3) is 3.25. The van der Waals surface area contributed by atoms with Crippen LogP contribution < -0.4 is 10.9 Å². The number of thiophene rings is 1. The largest absolute Gasteiger partial charge is 0.393 e. The van der Waals surface area contributed by atoms with Crippen molar-refractivity contribution in [2.45, 2.75) is 31.5 Å². The minimum Gasteiger partial charge on any atom is -0.393 e. The number of pyridine rings is 1. The second kappa shape index (κ2) is 6.97. The molecule has 1 aliphatic carbocycles. The molecule has 8 heteroatoms. The first kappa shape index (κ1) is 16.9. The molecule has 0 unspecified atom stereocenters. The van der Waals surface area contributed by atoms with Crippen LogP contribution in [0.15, 0.2) is 47.0 Å². The van der Waals surface area contributed by atoms with E-state index in [0.717, 1.165) is 5.69 Å². The van der Waals surface area contributed by atoms with Crippen molar-refractivity contribution in [3.8, 4) is 0 Å². The van der Waals surface area contributed by atoms with E-state index in [4.69, 9.17) is 0 Å². The van der Waals surface area contributed by atoms with Gasteiger partial charge in [0, 0.05) is 6.20 Å². The topological polar surface area (TPSA) is 97.1 Å². The number of carbonyl (C=O) groups excluding carboxylic acids is 1. The van der Waals surface area contributed by atoms with Crippen LogP contribution >= 0.6 is 11.3 Å². The second-order valence-corrected chi connectivity index (χ2v) is 7.41. The molecule has 0 saturated heterocycles. The molecule has 4 rings (SSSR count). The normalized spacial score (nSPS) is 20.5. The molecule has 2 N–H and O–H groups in total. The van der Waals surface area contributed by atoms with E-state index < -0.39 is 0 Å². The van der Waals surface area contributed by atoms with Crippen LogP contribution in [0.1, 0.15) is 24.6 Å². The van der Waals surface area contributed by atoms with Crippen LogP contribution in [0.5, 0.6) is 0 Å². The Bertz CT molecular complexity index is 979. The lowest BCUT2D eigenvalue weighted by Crippen LogP contribution is -2.43. The molecule has 7 nitrogen and oxygen atoms in total. The number of amides is 1. The van der Waals surface area contributed by atoms with Crippen LogP contribution in [0.3, 0.4) is 0 Å². The molecule has 0 spiro atoms. The predicted octanol–water partition coefficient (Wildman–Crippen LogP) is 1.48. The van der Waals surface area contributed by atoms with Crippen molar-refractivity contribution in [3.63, 3.8) is 0 Å². The summed E-state index contributed by atoms with van der Waals surface area (Å²) >= 11 is 1.32. The molecule has 0 radical (unpaired) electrons. The molecular formula is C18H18N4O3S. The van der Waals surface area contributed by atoms with Gasteiger partial charge in [-0.05, 0) is 42.3 Å². The number of nitrogens with zero attached hydrogens (tertiary/aromatic N) is 3. The van der Waals surface area contributed by atoms with Crippen molar-refractivity contribution >= 4 is 27.5 Å². The fourth-order valence-corrected chi connectivity index (χ4v) is 4.05. The molecule has 0 bridgehead atoms. The van der Waals surface area contributed by atoms with Gasteiger partial charge >= 0.3 is 0 Å². The van der Waals surface area contributed by atoms with Gasteiger partial charge in [-0.25, -0.2) is 4.98 Å². The maximum Gasteiger partial charge on any atom is 0.271 e. The maximum atomic E-state index is 12.6. The summed E-state index contributed by atoms with van der Waals surface area (Å²) in [6.07, 6.45) is 4.02. The van der Waals surface area contributed by atoms with Gasteiger partial charge in [-0.3, -0.25) is 19.1 Å². The summed E-state index contributed by atoms with van der Waals surface area (Å²) in [7, 11) is 0. The van der Waals surface area contributed by atoms with Gasteiger partial charge in [-0.2, -0.15) is 0 Å². The van der Waals surface area contributed by atoms with E-state index in [1.165, 1.54) is 22.2 Å². The summed E-state index contributed by atoms with van der Waals surface area (Å²) in [6, 6.07) is 7.06. The number of aliphatic hydroxyl groups is 1. The molecule has 1 aliphatic rings. The highest BCUT2D eigenvalue weighted by Crippen LogP contribution is 2.37. The summed E-state index contributed by atoms with van der Waals surface area (Å²) < 4.78 is 1.86. The number of aromatic nitrogens is 3. The van der Waals surface area contributed by atoms with Crippen LogP contribution in [-0.2, 0) is 11.3 Å². The Hall–Kier alpha value is -2.58. The van der Waals surface area contributed by atoms with Gasteiger partial charge < -0.3 is 10.4 Å². The fourth-order valence-electron chi connectivity index (χ4n) is 3.26. The van der Waals surface area contributed by atoms with E-state index >= 15 is 0 Å². The molecule has 1 saturated carbocycles. The molecular weight excluding hydrogens is 352 g/mol. The molecule has 3 aromatic heterocycles. The second-order valence-electron chi connectivity index (χ2n) is 6.50. The van der Waals surface area contributed by atoms with Crippen molar-refractivity contribution in [3.05, 3.63) is 58.2 Å². The van der Waals surface area contributed by atoms with Gasteiger partial charge in [-0.15, -0.1) is 11.3 Å². The smallest absolute Gasteiger partial charge is 0.271 e. The summed E-state index contributed by atoms with van der Waals surface area (Å²) in [5.41, 5.74) is 1.19. The Morgan fingerprint density at radius 2 is 2.19 bits per heavy atom. The van der Waals surface area contributed by atoms with Crippen molar-refractivity contribution in [2.24, 2.45) is 5.92 Å². The summed E-state index contributed by atoms with van der Waals surface area (Å²) in [6.45, 7) is -0.0989. The van der Waals surface area contributed by atoms with Gasteiger partial charge in [0.25, 0.3) is 5.56 Å². The average Bonchev–Trinajstić information content (AvgIpc) is 3.10. The summed E-state index contributed by atoms with van der Waals surface area (Å²) in [5, 5.41) is 14.4. The Labute approximate surface area is 153 Å². The van der Waals surface area contributed by atoms with Crippen molar-refractivity contribution in [2.75, 3.05) is 0 Å². The van der Waals surface area contributed by atoms with E-state index in [1.54, 1.807) is 12.3 Å². The Morgan fingerprint density at radius 3 is 2.92 bits per heavy atom. The lowest BCUT2D eigenvalue weighted by Gasteiger charge is -2.37. The minimum absolute atomic E-state index is 0.0989. The number of hydrogen-bond acceptors (Lipinski definition) is 6. The van der Waals surface area contributed by atoms with Crippen molar-refractivity contribution in [1.82, 2.24) is 19.9 Å². The summed E-state index contributed by atoms with van der Waals surface area (Å²) in [4.78, 5) is 33.6. The Balaban J connectivity index is 1.52. The standard InChI is InChI=1S/C18H18N4O3S/c23-12-7-11(8-12)16(13-3-1-2-5-19-13)21-15(24)9-22-10-20-14-4-6-26-17(14)18(22)25/h1-6,10-12,16,23H,7-9H2,(H,21,24)/t11?,12?,16-/m0/s1. The summed E-state index contributed by atoms with van der Waals surface area (Å²) in [5.74, 6) is -0.139. The zero-order valence-electron chi connectivity index (χ0n) is 13.9. The average molecular weight is 370 g/mol. The highest BCUT2D eigenvalue weighted by Gasteiger charge is 2.36. The zero-order valence-corrected chi connectivity index (χ0v) is 14.7. The monoisotopic (exact) mass is 370 g/mol. The molecule has 3 aromatic rings. The molecule has 1 atom stereocenters. The Morgan fingerprint density at radius 1 is 1.35 bits per heavy atom. The van der Waals surface area contributed by atoms with E-state index in [-0.39, 0.29) is 36.1 Å². The number of rotatable bonds is 5. The minimum atomic E-state index is -0.323. The zero-order chi connectivity index (χ0) is 18.1. The van der Waals surface area contributed by atoms with Crippen LogP contribution in [0.4, 0.5) is 0 Å². The third-order valence-electron chi connectivity index (χ3n) is 4.69. The first-order valence-electron chi connectivity index (χ1n) is 8.43. The highest BCUT2D eigenvalue weighted by atomic mass is 32.1. The van der Waals surface area contributed by atoms with E-state index in [0.29, 0.717) is 23.1 Å². The lowest BCUT2D eigenvalue weighted by atomic mass is 9.76. The van der Waals surface area contributed by atoms with Crippen LogP contribution in [0.2, 0.25) is 0 Å². The Kier molecular flexibility index (Phi) is 4.52. The molecule has 1 amide bonds. The van der Waals surface area contributed by atoms with Crippen LogP contribution in [-0.4, -0.2) is 31.7 Å². The van der Waals surface area contributed by atoms with Gasteiger partial charge in [0.2, 0.25) is 5.91 Å². The van der Waals surface area contributed by atoms with E-state index in [1.807, 2.05) is 23.6 Å². The van der Waals surface area contributed by atoms with Crippen LogP contribution in [0.25, 0.3) is 10.2 Å². The lowest BCUT2D eigenvalue weighted by molar-refractivity contribution is -0.123. The fraction of sp³-hybridized carbons (Fsp3) is 0.333. The molecule has 134 valence electrons. The molecule has 26 heavy (non-hydrogen) atoms. The molecule has 0 aliphatic heterocycles. The van der Waals surface area contributed by atoms with Gasteiger partial charge in [0.15, 0.2) is 0 Å². The number of fused-ring (bicyclic) bond motifs is 1. The molecule has 3 heterocycles. The van der Waals surface area contributed by atoms with Crippen molar-refractivity contribution < 1.29 is 9.90 Å². The van der Waals surface area contributed by atoms with Gasteiger partial charge in [0.05, 0.1) is 29.7 Å². The number of hydrogen-bond donors (Lipinski definition) is 2.